The Balaban J connectivity index is 4.92. The van der Waals surface area contributed by atoms with E-state index in [2.05, 4.69) is 12.2 Å². The minimum atomic E-state index is -3.00. The van der Waals surface area contributed by atoms with Crippen LogP contribution in [0.3, 0.4) is 0 Å². The van der Waals surface area contributed by atoms with Gasteiger partial charge in [-0.25, -0.2) is 0 Å². The molecule has 0 fully saturated rings. The minimum absolute atomic E-state index is 0.190. The summed E-state index contributed by atoms with van der Waals surface area (Å²) in [6.07, 6.45) is 9.49. The highest BCUT2D eigenvalue weighted by Crippen LogP contribution is 2.18. The zero-order valence-electron chi connectivity index (χ0n) is 18.9. The van der Waals surface area contributed by atoms with Gasteiger partial charge in [-0.1, -0.05) is 64.0 Å². The van der Waals surface area contributed by atoms with Gasteiger partial charge in [-0.05, 0) is 12.8 Å². The van der Waals surface area contributed by atoms with Gasteiger partial charge < -0.3 is 18.6 Å². The van der Waals surface area contributed by atoms with E-state index in [1.165, 1.54) is 51.6 Å². The van der Waals surface area contributed by atoms with Crippen LogP contribution in [0, 0.1) is 0 Å². The van der Waals surface area contributed by atoms with E-state index in [4.69, 9.17) is 23.0 Å². The van der Waals surface area contributed by atoms with E-state index in [1.54, 1.807) is 21.3 Å². The van der Waals surface area contributed by atoms with Crippen molar-refractivity contribution in [3.05, 3.63) is 0 Å². The van der Waals surface area contributed by atoms with E-state index < -0.39 is 14.8 Å². The number of nitrogens with zero attached hydrogens (tertiary/aromatic N) is 1. The van der Waals surface area contributed by atoms with Gasteiger partial charge in [-0.3, -0.25) is 14.5 Å². The van der Waals surface area contributed by atoms with Crippen molar-refractivity contribution in [2.45, 2.75) is 83.3 Å². The van der Waals surface area contributed by atoms with Crippen molar-refractivity contribution in [2.24, 2.45) is 0 Å². The standard InChI is InChI=1S/C19H42N2O6Si/c1-8-10-11-12-13-14-15-16-17(21(23-3)24-4)19(22)20-18(9-2)28(25-5,26-6)27-7/h17-18H,8-16H2,1-7H3,(H,20,22). The molecule has 1 amide bonds. The van der Waals surface area contributed by atoms with E-state index in [1.807, 2.05) is 6.92 Å². The number of rotatable bonds is 18. The monoisotopic (exact) mass is 422 g/mol. The highest BCUT2D eigenvalue weighted by Gasteiger charge is 2.48. The van der Waals surface area contributed by atoms with Crippen molar-refractivity contribution in [3.8, 4) is 0 Å². The molecule has 2 atom stereocenters. The first-order valence-electron chi connectivity index (χ1n) is 10.3. The summed E-state index contributed by atoms with van der Waals surface area (Å²) in [5, 5.41) is 4.27. The summed E-state index contributed by atoms with van der Waals surface area (Å²) in [4.78, 5) is 23.5. The fourth-order valence-electron chi connectivity index (χ4n) is 3.34. The molecule has 168 valence electrons. The van der Waals surface area contributed by atoms with E-state index >= 15 is 0 Å². The van der Waals surface area contributed by atoms with Gasteiger partial charge >= 0.3 is 8.80 Å². The van der Waals surface area contributed by atoms with Crippen LogP contribution in [0.4, 0.5) is 0 Å². The Hall–Kier alpha value is -0.553. The Morgan fingerprint density at radius 2 is 1.36 bits per heavy atom. The summed E-state index contributed by atoms with van der Waals surface area (Å²) in [7, 11) is 4.61. The van der Waals surface area contributed by atoms with Crippen LogP contribution in [-0.4, -0.2) is 67.2 Å². The number of hydrogen-bond donors (Lipinski definition) is 1. The second-order valence-electron chi connectivity index (χ2n) is 6.76. The SMILES string of the molecule is CCCCCCCCCC(C(=O)NC(CC)[Si](OC)(OC)OC)N(OC)OC. The first kappa shape index (κ1) is 27.4. The molecule has 0 aromatic heterocycles. The number of amides is 1. The molecule has 0 aliphatic heterocycles. The zero-order valence-corrected chi connectivity index (χ0v) is 19.9. The topological polar surface area (TPSA) is 78.5 Å². The molecule has 0 aliphatic carbocycles. The fourth-order valence-corrected chi connectivity index (χ4v) is 5.51. The Labute approximate surface area is 172 Å². The third-order valence-corrected chi connectivity index (χ3v) is 8.12. The van der Waals surface area contributed by atoms with Crippen LogP contribution in [0.25, 0.3) is 0 Å². The molecular formula is C19H42N2O6Si. The number of carbonyl (C=O) groups is 1. The predicted octanol–water partition coefficient (Wildman–Crippen LogP) is 3.23. The number of carbonyl (C=O) groups excluding carboxylic acids is 1. The Bertz CT molecular complexity index is 386. The first-order chi connectivity index (χ1) is 13.5. The van der Waals surface area contributed by atoms with Crippen molar-refractivity contribution >= 4 is 14.7 Å². The number of hydroxylamine groups is 2. The second kappa shape index (κ2) is 16.3. The molecule has 0 aromatic carbocycles. The predicted molar refractivity (Wildman–Crippen MR) is 111 cm³/mol. The molecule has 0 saturated heterocycles. The fraction of sp³-hybridized carbons (Fsp3) is 0.947. The van der Waals surface area contributed by atoms with Crippen molar-refractivity contribution in [1.82, 2.24) is 10.5 Å². The van der Waals surface area contributed by atoms with Crippen molar-refractivity contribution in [1.29, 1.82) is 0 Å². The highest BCUT2D eigenvalue weighted by atomic mass is 28.4. The van der Waals surface area contributed by atoms with Gasteiger partial charge in [0.15, 0.2) is 0 Å². The zero-order chi connectivity index (χ0) is 21.4. The molecule has 28 heavy (non-hydrogen) atoms. The molecular weight excluding hydrogens is 380 g/mol. The number of nitrogens with one attached hydrogen (secondary N) is 1. The first-order valence-corrected chi connectivity index (χ1v) is 12.1. The van der Waals surface area contributed by atoms with Crippen LogP contribution in [0.5, 0.6) is 0 Å². The smallest absolute Gasteiger partial charge is 0.376 e. The minimum Gasteiger partial charge on any atom is -0.376 e. The van der Waals surface area contributed by atoms with Crippen LogP contribution < -0.4 is 5.32 Å². The van der Waals surface area contributed by atoms with Crippen molar-refractivity contribution < 1.29 is 27.7 Å². The van der Waals surface area contributed by atoms with Crippen LogP contribution in [0.2, 0.25) is 0 Å². The highest BCUT2D eigenvalue weighted by molar-refractivity contribution is 6.62. The lowest BCUT2D eigenvalue weighted by Gasteiger charge is -2.34. The van der Waals surface area contributed by atoms with E-state index in [0.717, 1.165) is 12.8 Å². The summed E-state index contributed by atoms with van der Waals surface area (Å²) in [6, 6.07) is -0.558. The molecule has 0 aromatic rings. The molecule has 0 bridgehead atoms. The number of unbranched alkanes of at least 4 members (excludes halogenated alkanes) is 6. The summed E-state index contributed by atoms with van der Waals surface area (Å²) in [5.74, 6) is -0.190. The lowest BCUT2D eigenvalue weighted by Crippen LogP contribution is -2.63. The molecule has 0 radical (unpaired) electrons. The molecule has 0 heterocycles. The summed E-state index contributed by atoms with van der Waals surface area (Å²) in [5.41, 5.74) is -0.355. The number of hydrogen-bond acceptors (Lipinski definition) is 7. The average molecular weight is 423 g/mol. The van der Waals surface area contributed by atoms with Gasteiger partial charge in [0.2, 0.25) is 5.91 Å². The molecule has 0 saturated carbocycles. The van der Waals surface area contributed by atoms with Crippen LogP contribution >= 0.6 is 0 Å². The van der Waals surface area contributed by atoms with Crippen LogP contribution in [0.1, 0.15) is 71.6 Å². The Kier molecular flexibility index (Phi) is 15.9. The maximum absolute atomic E-state index is 13.0. The van der Waals surface area contributed by atoms with Crippen molar-refractivity contribution in [2.75, 3.05) is 35.5 Å². The Morgan fingerprint density at radius 3 is 1.79 bits per heavy atom. The van der Waals surface area contributed by atoms with Crippen LogP contribution in [-0.2, 0) is 27.7 Å². The molecule has 1 N–H and O–H groups in total. The van der Waals surface area contributed by atoms with E-state index in [-0.39, 0.29) is 11.6 Å². The molecule has 9 heteroatoms. The average Bonchev–Trinajstić information content (AvgIpc) is 2.72. The maximum Gasteiger partial charge on any atom is 0.523 e. The third kappa shape index (κ3) is 8.85. The quantitative estimate of drug-likeness (QED) is 0.206. The lowest BCUT2D eigenvalue weighted by molar-refractivity contribution is -0.358. The molecule has 8 nitrogen and oxygen atoms in total. The second-order valence-corrected chi connectivity index (χ2v) is 9.89. The van der Waals surface area contributed by atoms with Gasteiger partial charge in [-0.2, -0.15) is 0 Å². The summed E-state index contributed by atoms with van der Waals surface area (Å²) >= 11 is 0. The summed E-state index contributed by atoms with van der Waals surface area (Å²) in [6.45, 7) is 4.17. The van der Waals surface area contributed by atoms with Gasteiger partial charge in [0, 0.05) is 21.3 Å². The van der Waals surface area contributed by atoms with E-state index in [0.29, 0.717) is 12.8 Å². The normalized spacial score (nSPS) is 14.3. The van der Waals surface area contributed by atoms with Gasteiger partial charge in [-0.15, -0.1) is 0 Å². The molecule has 0 aliphatic rings. The van der Waals surface area contributed by atoms with Crippen LogP contribution in [0.15, 0.2) is 0 Å². The van der Waals surface area contributed by atoms with Gasteiger partial charge in [0.25, 0.3) is 0 Å². The largest absolute Gasteiger partial charge is 0.523 e. The molecule has 2 unspecified atom stereocenters. The maximum atomic E-state index is 13.0. The van der Waals surface area contributed by atoms with Gasteiger partial charge in [0.05, 0.1) is 19.9 Å². The molecule has 0 spiro atoms. The Morgan fingerprint density at radius 1 is 0.857 bits per heavy atom. The molecule has 0 rings (SSSR count). The summed E-state index contributed by atoms with van der Waals surface area (Å²) < 4.78 is 16.6. The lowest BCUT2D eigenvalue weighted by atomic mass is 10.0. The van der Waals surface area contributed by atoms with E-state index in [9.17, 15) is 4.79 Å². The van der Waals surface area contributed by atoms with Gasteiger partial charge in [0.1, 0.15) is 6.04 Å². The van der Waals surface area contributed by atoms with Crippen molar-refractivity contribution in [3.63, 3.8) is 0 Å². The third-order valence-electron chi connectivity index (χ3n) is 5.00.